The Kier molecular flexibility index (Phi) is 5.96. The summed E-state index contributed by atoms with van der Waals surface area (Å²) in [5, 5.41) is 2.92. The average molecular weight is 507 g/mol. The highest BCUT2D eigenvalue weighted by Gasteiger charge is 2.73. The molecule has 2 aromatic heterocycles. The largest absolute Gasteiger partial charge is 0.435 e. The third kappa shape index (κ3) is 4.08. The minimum atomic E-state index is -6.29. The number of pyridine rings is 1. The fraction of sp³-hybridized carbons (Fsp3) is 0.222. The summed E-state index contributed by atoms with van der Waals surface area (Å²) in [5.74, 6) is 0. The first-order valence-electron chi connectivity index (χ1n) is 8.16. The highest BCUT2D eigenvalue weighted by molar-refractivity contribution is 6.37. The van der Waals surface area contributed by atoms with Crippen LogP contribution in [0.5, 0.6) is 0 Å². The van der Waals surface area contributed by atoms with E-state index in [1.54, 1.807) is 13.0 Å². The van der Waals surface area contributed by atoms with Crippen molar-refractivity contribution in [2.75, 3.05) is 0 Å². The molecule has 0 saturated heterocycles. The second-order valence-corrected chi connectivity index (χ2v) is 7.62. The number of halogens is 10. The van der Waals surface area contributed by atoms with Gasteiger partial charge < -0.3 is 0 Å². The van der Waals surface area contributed by atoms with Gasteiger partial charge in [-0.15, -0.1) is 0 Å². The normalized spacial score (nSPS) is 13.0. The number of hydrogen-bond donors (Lipinski definition) is 0. The summed E-state index contributed by atoms with van der Waals surface area (Å²) >= 11 is 17.7. The summed E-state index contributed by atoms with van der Waals surface area (Å²) < 4.78 is 93.4. The summed E-state index contributed by atoms with van der Waals surface area (Å²) in [6, 6.07) is 2.13. The van der Waals surface area contributed by atoms with Gasteiger partial charge in [-0.3, -0.25) is 0 Å². The molecular weight excluding hydrogens is 498 g/mol. The van der Waals surface area contributed by atoms with Crippen molar-refractivity contribution in [1.29, 1.82) is 0 Å². The van der Waals surface area contributed by atoms with Crippen LogP contribution in [-0.2, 0) is 5.67 Å². The molecule has 0 fully saturated rings. The monoisotopic (exact) mass is 505 g/mol. The molecule has 3 nitrogen and oxygen atoms in total. The van der Waals surface area contributed by atoms with Crippen molar-refractivity contribution in [2.45, 2.75) is 24.9 Å². The smallest absolute Gasteiger partial charge is 0.244 e. The molecule has 0 atom stereocenters. The molecule has 2 heterocycles. The van der Waals surface area contributed by atoms with Crippen LogP contribution in [0, 0.1) is 6.92 Å². The second-order valence-electron chi connectivity index (χ2n) is 6.45. The van der Waals surface area contributed by atoms with Crippen LogP contribution in [0.25, 0.3) is 16.8 Å². The summed E-state index contributed by atoms with van der Waals surface area (Å²) in [5.41, 5.74) is -5.97. The molecule has 3 rings (SSSR count). The van der Waals surface area contributed by atoms with Gasteiger partial charge in [0.05, 0.1) is 16.2 Å². The van der Waals surface area contributed by atoms with Crippen LogP contribution in [0.1, 0.15) is 11.1 Å². The minimum absolute atomic E-state index is 0.221. The van der Waals surface area contributed by atoms with Gasteiger partial charge in [0.2, 0.25) is 0 Å². The quantitative estimate of drug-likeness (QED) is 0.272. The highest BCUT2D eigenvalue weighted by Crippen LogP contribution is 2.54. The lowest BCUT2D eigenvalue weighted by atomic mass is 9.94. The van der Waals surface area contributed by atoms with E-state index in [4.69, 9.17) is 34.8 Å². The highest BCUT2D eigenvalue weighted by atomic mass is 35.5. The average Bonchev–Trinajstić information content (AvgIpc) is 3.10. The predicted octanol–water partition coefficient (Wildman–Crippen LogP) is 7.49. The van der Waals surface area contributed by atoms with E-state index in [0.29, 0.717) is 16.7 Å². The van der Waals surface area contributed by atoms with Gasteiger partial charge in [0.15, 0.2) is 0 Å². The molecule has 1 aromatic carbocycles. The first-order chi connectivity index (χ1) is 14.2. The molecule has 166 valence electrons. The Bertz CT molecular complexity index is 1100. The third-order valence-corrected chi connectivity index (χ3v) is 5.33. The van der Waals surface area contributed by atoms with E-state index >= 15 is 0 Å². The molecule has 0 unspecified atom stereocenters. The van der Waals surface area contributed by atoms with E-state index in [-0.39, 0.29) is 23.0 Å². The van der Waals surface area contributed by atoms with Crippen molar-refractivity contribution in [3.63, 3.8) is 0 Å². The molecule has 0 radical (unpaired) electrons. The van der Waals surface area contributed by atoms with Crippen molar-refractivity contribution in [3.05, 3.63) is 63.1 Å². The molecule has 0 spiro atoms. The standard InChI is InChI=1S/C18H9Cl3F7N3/c1-8-2-9(5-29-15(8)21)10-6-30-31(7-10)14-12(19)3-11(4-13(14)20)16(22,17(23,24)25)18(26,27)28/h2-7H,1H3. The van der Waals surface area contributed by atoms with E-state index in [9.17, 15) is 30.7 Å². The number of rotatable bonds is 3. The molecule has 13 heteroatoms. The number of aryl methyl sites for hydroxylation is 1. The Labute approximate surface area is 185 Å². The summed E-state index contributed by atoms with van der Waals surface area (Å²) in [6.45, 7) is 1.71. The summed E-state index contributed by atoms with van der Waals surface area (Å²) in [7, 11) is 0. The van der Waals surface area contributed by atoms with Gasteiger partial charge in [-0.05, 0) is 30.7 Å². The lowest BCUT2D eigenvalue weighted by Gasteiger charge is -2.30. The van der Waals surface area contributed by atoms with Crippen molar-refractivity contribution >= 4 is 34.8 Å². The first-order valence-corrected chi connectivity index (χ1v) is 9.29. The van der Waals surface area contributed by atoms with Crippen LogP contribution < -0.4 is 0 Å². The lowest BCUT2D eigenvalue weighted by molar-refractivity contribution is -0.348. The zero-order chi connectivity index (χ0) is 23.4. The Morgan fingerprint density at radius 3 is 1.84 bits per heavy atom. The van der Waals surface area contributed by atoms with Crippen LogP contribution in [0.15, 0.2) is 36.8 Å². The van der Waals surface area contributed by atoms with E-state index in [1.807, 2.05) is 0 Å². The maximum Gasteiger partial charge on any atom is 0.435 e. The van der Waals surface area contributed by atoms with Gasteiger partial charge in [0.25, 0.3) is 0 Å². The van der Waals surface area contributed by atoms with Crippen LogP contribution >= 0.6 is 34.8 Å². The van der Waals surface area contributed by atoms with E-state index in [0.717, 1.165) is 4.68 Å². The maximum absolute atomic E-state index is 14.3. The number of benzene rings is 1. The SMILES string of the molecule is Cc1cc(-c2cnn(-c3c(Cl)cc(C(F)(C(F)(F)F)C(F)(F)F)cc3Cl)c2)cnc1Cl. The van der Waals surface area contributed by atoms with Crippen LogP contribution in [0.3, 0.4) is 0 Å². The van der Waals surface area contributed by atoms with Gasteiger partial charge in [-0.1, -0.05) is 34.8 Å². The van der Waals surface area contributed by atoms with Crippen molar-refractivity contribution in [3.8, 4) is 16.8 Å². The molecular formula is C18H9Cl3F7N3. The summed E-state index contributed by atoms with van der Waals surface area (Å²) in [4.78, 5) is 3.98. The van der Waals surface area contributed by atoms with E-state index in [2.05, 4.69) is 10.1 Å². The zero-order valence-electron chi connectivity index (χ0n) is 15.1. The van der Waals surface area contributed by atoms with Gasteiger partial charge in [0.1, 0.15) is 10.8 Å². The van der Waals surface area contributed by atoms with Crippen LogP contribution in [0.4, 0.5) is 30.7 Å². The van der Waals surface area contributed by atoms with Crippen LogP contribution in [-0.4, -0.2) is 27.1 Å². The second kappa shape index (κ2) is 7.83. The molecule has 31 heavy (non-hydrogen) atoms. The molecule has 0 aliphatic carbocycles. The number of alkyl halides is 7. The maximum atomic E-state index is 14.3. The van der Waals surface area contributed by atoms with Crippen LogP contribution in [0.2, 0.25) is 15.2 Å². The third-order valence-electron chi connectivity index (χ3n) is 4.36. The predicted molar refractivity (Wildman–Crippen MR) is 101 cm³/mol. The Morgan fingerprint density at radius 2 is 1.35 bits per heavy atom. The topological polar surface area (TPSA) is 30.7 Å². The number of nitrogens with zero attached hydrogens (tertiary/aromatic N) is 3. The molecule has 0 bridgehead atoms. The lowest BCUT2D eigenvalue weighted by Crippen LogP contribution is -2.50. The zero-order valence-corrected chi connectivity index (χ0v) is 17.4. The molecule has 0 N–H and O–H groups in total. The van der Waals surface area contributed by atoms with Gasteiger partial charge in [-0.2, -0.15) is 31.4 Å². The number of aromatic nitrogens is 3. The minimum Gasteiger partial charge on any atom is -0.244 e. The van der Waals surface area contributed by atoms with Gasteiger partial charge in [-0.25, -0.2) is 14.1 Å². The Hall–Kier alpha value is -2.04. The fourth-order valence-corrected chi connectivity index (χ4v) is 3.55. The molecule has 0 aliphatic rings. The summed E-state index contributed by atoms with van der Waals surface area (Å²) in [6.07, 6.45) is -8.44. The van der Waals surface area contributed by atoms with Crippen molar-refractivity contribution in [1.82, 2.24) is 14.8 Å². The van der Waals surface area contributed by atoms with Crippen molar-refractivity contribution in [2.24, 2.45) is 0 Å². The number of hydrogen-bond acceptors (Lipinski definition) is 2. The molecule has 0 saturated carbocycles. The van der Waals surface area contributed by atoms with Gasteiger partial charge >= 0.3 is 18.0 Å². The molecule has 0 aliphatic heterocycles. The molecule has 3 aromatic rings. The van der Waals surface area contributed by atoms with E-state index < -0.39 is 33.6 Å². The Morgan fingerprint density at radius 1 is 0.806 bits per heavy atom. The van der Waals surface area contributed by atoms with Gasteiger partial charge in [0, 0.05) is 29.1 Å². The van der Waals surface area contributed by atoms with E-state index in [1.165, 1.54) is 18.6 Å². The van der Waals surface area contributed by atoms with Crippen molar-refractivity contribution < 1.29 is 30.7 Å². The Balaban J connectivity index is 2.10. The first kappa shape index (κ1) is 23.6. The fourth-order valence-electron chi connectivity index (χ4n) is 2.78. The molecule has 0 amide bonds.